The molecule has 0 atom stereocenters. The zero-order valence-corrected chi connectivity index (χ0v) is 18.1. The normalized spacial score (nSPS) is 14.7. The van der Waals surface area contributed by atoms with E-state index in [0.29, 0.717) is 10.6 Å². The SMILES string of the molecule is CC1CCN(c2ccc(NC(=S)NC(=O)c3ccc(Br)cc3)cc2Cl)CC1. The summed E-state index contributed by atoms with van der Waals surface area (Å²) in [5, 5.41) is 6.61. The van der Waals surface area contributed by atoms with E-state index in [2.05, 4.69) is 38.4 Å². The van der Waals surface area contributed by atoms with Crippen LogP contribution in [0.3, 0.4) is 0 Å². The van der Waals surface area contributed by atoms with E-state index in [1.165, 1.54) is 12.8 Å². The average Bonchev–Trinajstić information content (AvgIpc) is 2.63. The zero-order valence-electron chi connectivity index (χ0n) is 15.0. The minimum absolute atomic E-state index is 0.235. The van der Waals surface area contributed by atoms with Crippen LogP contribution in [0.4, 0.5) is 11.4 Å². The third-order valence-corrected chi connectivity index (χ3v) is 5.70. The van der Waals surface area contributed by atoms with Crippen molar-refractivity contribution in [3.63, 3.8) is 0 Å². The Labute approximate surface area is 178 Å². The Hall–Kier alpha value is -1.63. The van der Waals surface area contributed by atoms with Gasteiger partial charge in [-0.3, -0.25) is 10.1 Å². The van der Waals surface area contributed by atoms with Gasteiger partial charge in [-0.25, -0.2) is 0 Å². The van der Waals surface area contributed by atoms with E-state index in [-0.39, 0.29) is 11.0 Å². The highest BCUT2D eigenvalue weighted by atomic mass is 79.9. The second kappa shape index (κ2) is 9.04. The largest absolute Gasteiger partial charge is 0.370 e. The van der Waals surface area contributed by atoms with E-state index >= 15 is 0 Å². The van der Waals surface area contributed by atoms with Crippen LogP contribution in [-0.4, -0.2) is 24.1 Å². The molecule has 1 fully saturated rings. The zero-order chi connectivity index (χ0) is 19.4. The number of carbonyl (C=O) groups excluding carboxylic acids is 1. The molecule has 0 saturated carbocycles. The molecule has 2 aromatic rings. The Morgan fingerprint density at radius 1 is 1.19 bits per heavy atom. The molecule has 27 heavy (non-hydrogen) atoms. The Balaban J connectivity index is 1.60. The van der Waals surface area contributed by atoms with Crippen molar-refractivity contribution in [2.24, 2.45) is 5.92 Å². The number of hydrogen-bond donors (Lipinski definition) is 2. The summed E-state index contributed by atoms with van der Waals surface area (Å²) in [6, 6.07) is 12.8. The van der Waals surface area contributed by atoms with Crippen molar-refractivity contribution in [3.8, 4) is 0 Å². The second-order valence-corrected chi connectivity index (χ2v) is 8.48. The van der Waals surface area contributed by atoms with Crippen molar-refractivity contribution in [1.29, 1.82) is 0 Å². The Kier molecular flexibility index (Phi) is 6.73. The highest BCUT2D eigenvalue weighted by molar-refractivity contribution is 9.10. The summed E-state index contributed by atoms with van der Waals surface area (Å²) in [5.41, 5.74) is 2.32. The van der Waals surface area contributed by atoms with Gasteiger partial charge in [0.1, 0.15) is 0 Å². The molecule has 0 aliphatic carbocycles. The number of rotatable bonds is 3. The number of thiocarbonyl (C=S) groups is 1. The third kappa shape index (κ3) is 5.43. The maximum absolute atomic E-state index is 12.2. The predicted octanol–water partition coefficient (Wildman–Crippen LogP) is 5.47. The van der Waals surface area contributed by atoms with E-state index < -0.39 is 0 Å². The van der Waals surface area contributed by atoms with E-state index in [1.807, 2.05) is 30.3 Å². The first kappa shape index (κ1) is 20.1. The lowest BCUT2D eigenvalue weighted by molar-refractivity contribution is 0.0977. The summed E-state index contributed by atoms with van der Waals surface area (Å²) in [6.45, 7) is 4.33. The smallest absolute Gasteiger partial charge is 0.257 e. The number of carbonyl (C=O) groups is 1. The first-order chi connectivity index (χ1) is 12.9. The van der Waals surface area contributed by atoms with Crippen molar-refractivity contribution in [2.75, 3.05) is 23.3 Å². The van der Waals surface area contributed by atoms with Crippen molar-refractivity contribution in [2.45, 2.75) is 19.8 Å². The maximum atomic E-state index is 12.2. The van der Waals surface area contributed by atoms with Crippen LogP contribution in [0.5, 0.6) is 0 Å². The molecule has 0 bridgehead atoms. The van der Waals surface area contributed by atoms with E-state index in [1.54, 1.807) is 12.1 Å². The van der Waals surface area contributed by atoms with Crippen LogP contribution < -0.4 is 15.5 Å². The van der Waals surface area contributed by atoms with Crippen LogP contribution in [-0.2, 0) is 0 Å². The fourth-order valence-electron chi connectivity index (χ4n) is 3.03. The van der Waals surface area contributed by atoms with Crippen LogP contribution in [0.2, 0.25) is 5.02 Å². The van der Waals surface area contributed by atoms with Crippen molar-refractivity contribution < 1.29 is 4.79 Å². The van der Waals surface area contributed by atoms with Crippen LogP contribution in [0, 0.1) is 5.92 Å². The van der Waals surface area contributed by atoms with E-state index in [9.17, 15) is 4.79 Å². The van der Waals surface area contributed by atoms with Gasteiger partial charge in [0.25, 0.3) is 5.91 Å². The maximum Gasteiger partial charge on any atom is 0.257 e. The summed E-state index contributed by atoms with van der Waals surface area (Å²) in [5.74, 6) is 0.512. The Morgan fingerprint density at radius 3 is 2.48 bits per heavy atom. The van der Waals surface area contributed by atoms with Gasteiger partial charge in [0.2, 0.25) is 0 Å². The van der Waals surface area contributed by atoms with Gasteiger partial charge >= 0.3 is 0 Å². The van der Waals surface area contributed by atoms with E-state index in [4.69, 9.17) is 23.8 Å². The Morgan fingerprint density at radius 2 is 1.85 bits per heavy atom. The average molecular weight is 467 g/mol. The molecule has 2 N–H and O–H groups in total. The van der Waals surface area contributed by atoms with Gasteiger partial charge in [-0.1, -0.05) is 34.5 Å². The standard InChI is InChI=1S/C20H21BrClN3OS/c1-13-8-10-25(11-9-13)18-7-6-16(12-17(18)22)23-20(27)24-19(26)14-2-4-15(21)5-3-14/h2-7,12-13H,8-11H2,1H3,(H2,23,24,26,27). The first-order valence-electron chi connectivity index (χ1n) is 8.85. The van der Waals surface area contributed by atoms with Crippen LogP contribution in [0.25, 0.3) is 0 Å². The number of nitrogens with zero attached hydrogens (tertiary/aromatic N) is 1. The predicted molar refractivity (Wildman–Crippen MR) is 120 cm³/mol. The molecule has 0 unspecified atom stereocenters. The summed E-state index contributed by atoms with van der Waals surface area (Å²) in [4.78, 5) is 14.5. The monoisotopic (exact) mass is 465 g/mol. The summed E-state index contributed by atoms with van der Waals surface area (Å²) in [6.07, 6.45) is 2.37. The van der Waals surface area contributed by atoms with Crippen molar-refractivity contribution in [1.82, 2.24) is 5.32 Å². The summed E-state index contributed by atoms with van der Waals surface area (Å²) in [7, 11) is 0. The van der Waals surface area contributed by atoms with Gasteiger partial charge in [0.05, 0.1) is 10.7 Å². The molecule has 1 heterocycles. The van der Waals surface area contributed by atoms with Gasteiger partial charge in [-0.15, -0.1) is 0 Å². The number of benzene rings is 2. The lowest BCUT2D eigenvalue weighted by Gasteiger charge is -2.32. The molecule has 0 aromatic heterocycles. The molecule has 1 aliphatic heterocycles. The quantitative estimate of drug-likeness (QED) is 0.589. The molecular formula is C20H21BrClN3OS. The lowest BCUT2D eigenvalue weighted by Crippen LogP contribution is -2.34. The van der Waals surface area contributed by atoms with Crippen LogP contribution >= 0.6 is 39.7 Å². The summed E-state index contributed by atoms with van der Waals surface area (Å²) >= 11 is 15.1. The molecule has 0 radical (unpaired) electrons. The first-order valence-corrected chi connectivity index (χ1v) is 10.4. The number of hydrogen-bond acceptors (Lipinski definition) is 3. The minimum Gasteiger partial charge on any atom is -0.370 e. The van der Waals surface area contributed by atoms with Gasteiger partial charge in [-0.2, -0.15) is 0 Å². The molecule has 3 rings (SSSR count). The topological polar surface area (TPSA) is 44.4 Å². The molecule has 1 saturated heterocycles. The number of anilines is 2. The molecule has 0 spiro atoms. The number of piperidine rings is 1. The van der Waals surface area contributed by atoms with Crippen LogP contribution in [0.1, 0.15) is 30.1 Å². The third-order valence-electron chi connectivity index (χ3n) is 4.66. The van der Waals surface area contributed by atoms with Crippen molar-refractivity contribution in [3.05, 3.63) is 57.5 Å². The Bertz CT molecular complexity index is 836. The highest BCUT2D eigenvalue weighted by Gasteiger charge is 2.18. The molecule has 1 amide bonds. The van der Waals surface area contributed by atoms with Gasteiger partial charge in [-0.05, 0) is 73.4 Å². The van der Waals surface area contributed by atoms with Gasteiger partial charge < -0.3 is 10.2 Å². The minimum atomic E-state index is -0.259. The lowest BCUT2D eigenvalue weighted by atomic mass is 9.99. The number of nitrogens with one attached hydrogen (secondary N) is 2. The molecule has 2 aromatic carbocycles. The second-order valence-electron chi connectivity index (χ2n) is 6.75. The number of amides is 1. The fourth-order valence-corrected chi connectivity index (χ4v) is 3.80. The highest BCUT2D eigenvalue weighted by Crippen LogP contribution is 2.31. The fraction of sp³-hybridized carbons (Fsp3) is 0.300. The van der Waals surface area contributed by atoms with Gasteiger partial charge in [0, 0.05) is 28.8 Å². The van der Waals surface area contributed by atoms with E-state index in [0.717, 1.165) is 34.9 Å². The molecule has 4 nitrogen and oxygen atoms in total. The van der Waals surface area contributed by atoms with Crippen LogP contribution in [0.15, 0.2) is 46.9 Å². The molecule has 142 valence electrons. The number of halogens is 2. The molecule has 7 heteroatoms. The molecular weight excluding hydrogens is 446 g/mol. The van der Waals surface area contributed by atoms with Crippen molar-refractivity contribution >= 4 is 62.1 Å². The van der Waals surface area contributed by atoms with Gasteiger partial charge in [0.15, 0.2) is 5.11 Å². The molecule has 1 aliphatic rings. The summed E-state index contributed by atoms with van der Waals surface area (Å²) < 4.78 is 0.914.